The Bertz CT molecular complexity index is 533. The van der Waals surface area contributed by atoms with Crippen molar-refractivity contribution >= 4 is 18.3 Å². The Balaban J connectivity index is 0.00000192. The molecule has 2 aliphatic rings. The molecule has 0 spiro atoms. The molecule has 2 atom stereocenters. The lowest BCUT2D eigenvalue weighted by atomic mass is 9.95. The van der Waals surface area contributed by atoms with Crippen LogP contribution in [0.2, 0.25) is 0 Å². The van der Waals surface area contributed by atoms with Crippen LogP contribution in [0.4, 0.5) is 0 Å². The zero-order valence-electron chi connectivity index (χ0n) is 13.5. The van der Waals surface area contributed by atoms with E-state index in [2.05, 4.69) is 10.6 Å². The average molecular weight is 341 g/mol. The van der Waals surface area contributed by atoms with Gasteiger partial charge in [0, 0.05) is 6.54 Å². The summed E-state index contributed by atoms with van der Waals surface area (Å²) in [7, 11) is 1.65. The molecule has 0 aliphatic carbocycles. The van der Waals surface area contributed by atoms with Gasteiger partial charge >= 0.3 is 0 Å². The van der Waals surface area contributed by atoms with E-state index in [1.807, 2.05) is 18.2 Å². The van der Waals surface area contributed by atoms with Crippen LogP contribution in [0.3, 0.4) is 0 Å². The molecular formula is C17H25ClN2O3. The number of hydrogen-bond donors (Lipinski definition) is 2. The lowest BCUT2D eigenvalue weighted by molar-refractivity contribution is -0.126. The van der Waals surface area contributed by atoms with Crippen LogP contribution in [-0.4, -0.2) is 39.3 Å². The van der Waals surface area contributed by atoms with Crippen molar-refractivity contribution in [3.05, 3.63) is 23.8 Å². The SMILES string of the molecule is COc1ccc2c(c1)CC(C(=O)NCC1CCCNC1)CO2.Cl. The number of amides is 1. The maximum absolute atomic E-state index is 12.4. The fourth-order valence-corrected chi connectivity index (χ4v) is 3.15. The molecule has 0 bridgehead atoms. The topological polar surface area (TPSA) is 59.6 Å². The van der Waals surface area contributed by atoms with Crippen LogP contribution in [0.15, 0.2) is 18.2 Å². The predicted molar refractivity (Wildman–Crippen MR) is 91.5 cm³/mol. The molecule has 2 unspecified atom stereocenters. The highest BCUT2D eigenvalue weighted by Crippen LogP contribution is 2.30. The van der Waals surface area contributed by atoms with Gasteiger partial charge in [0.2, 0.25) is 5.91 Å². The third-order valence-electron chi connectivity index (χ3n) is 4.51. The first-order valence-corrected chi connectivity index (χ1v) is 8.04. The van der Waals surface area contributed by atoms with E-state index in [0.29, 0.717) is 18.9 Å². The molecule has 1 aromatic carbocycles. The highest BCUT2D eigenvalue weighted by molar-refractivity contribution is 5.85. The van der Waals surface area contributed by atoms with Gasteiger partial charge in [0.15, 0.2) is 0 Å². The highest BCUT2D eigenvalue weighted by Gasteiger charge is 2.27. The molecule has 0 aromatic heterocycles. The van der Waals surface area contributed by atoms with E-state index in [0.717, 1.165) is 36.7 Å². The first-order chi connectivity index (χ1) is 10.8. The molecule has 2 N–H and O–H groups in total. The maximum Gasteiger partial charge on any atom is 0.226 e. The van der Waals surface area contributed by atoms with Crippen LogP contribution >= 0.6 is 12.4 Å². The van der Waals surface area contributed by atoms with Gasteiger partial charge in [-0.05, 0) is 62.0 Å². The summed E-state index contributed by atoms with van der Waals surface area (Å²) in [5.74, 6) is 2.20. The van der Waals surface area contributed by atoms with Crippen molar-refractivity contribution < 1.29 is 14.3 Å². The lowest BCUT2D eigenvalue weighted by Crippen LogP contribution is -2.42. The molecule has 1 amide bonds. The molecule has 1 saturated heterocycles. The lowest BCUT2D eigenvalue weighted by Gasteiger charge is -2.27. The van der Waals surface area contributed by atoms with Gasteiger partial charge < -0.3 is 20.1 Å². The minimum Gasteiger partial charge on any atom is -0.497 e. The van der Waals surface area contributed by atoms with Crippen LogP contribution in [0, 0.1) is 11.8 Å². The summed E-state index contributed by atoms with van der Waals surface area (Å²) in [5, 5.41) is 6.47. The number of carbonyl (C=O) groups excluding carboxylic acids is 1. The third-order valence-corrected chi connectivity index (χ3v) is 4.51. The van der Waals surface area contributed by atoms with Gasteiger partial charge in [-0.15, -0.1) is 12.4 Å². The van der Waals surface area contributed by atoms with Crippen molar-refractivity contribution in [2.75, 3.05) is 33.4 Å². The van der Waals surface area contributed by atoms with E-state index < -0.39 is 0 Å². The molecule has 128 valence electrons. The zero-order chi connectivity index (χ0) is 15.4. The van der Waals surface area contributed by atoms with Crippen molar-refractivity contribution in [1.82, 2.24) is 10.6 Å². The van der Waals surface area contributed by atoms with E-state index >= 15 is 0 Å². The number of methoxy groups -OCH3 is 1. The van der Waals surface area contributed by atoms with E-state index in [1.54, 1.807) is 7.11 Å². The number of hydrogen-bond acceptors (Lipinski definition) is 4. The monoisotopic (exact) mass is 340 g/mol. The van der Waals surface area contributed by atoms with Gasteiger partial charge in [-0.2, -0.15) is 0 Å². The number of piperidine rings is 1. The molecule has 2 aliphatic heterocycles. The normalized spacial score (nSPS) is 23.0. The van der Waals surface area contributed by atoms with Gasteiger partial charge in [-0.3, -0.25) is 4.79 Å². The molecule has 1 fully saturated rings. The summed E-state index contributed by atoms with van der Waals surface area (Å²) in [6.45, 7) is 3.31. The molecule has 6 heteroatoms. The fraction of sp³-hybridized carbons (Fsp3) is 0.588. The van der Waals surface area contributed by atoms with E-state index in [1.165, 1.54) is 12.8 Å². The Kier molecular flexibility index (Phi) is 6.54. The summed E-state index contributed by atoms with van der Waals surface area (Å²) < 4.78 is 11.0. The Morgan fingerprint density at radius 3 is 3.09 bits per heavy atom. The van der Waals surface area contributed by atoms with Crippen LogP contribution < -0.4 is 20.1 Å². The standard InChI is InChI=1S/C17H24N2O3.ClH/c1-21-15-4-5-16-13(8-15)7-14(11-22-16)17(20)19-10-12-3-2-6-18-9-12;/h4-5,8,12,14,18H,2-3,6-7,9-11H2,1H3,(H,19,20);1H. The van der Waals surface area contributed by atoms with Crippen LogP contribution in [-0.2, 0) is 11.2 Å². The van der Waals surface area contributed by atoms with Crippen molar-refractivity contribution in [2.45, 2.75) is 19.3 Å². The first-order valence-electron chi connectivity index (χ1n) is 8.04. The molecule has 23 heavy (non-hydrogen) atoms. The Morgan fingerprint density at radius 2 is 2.35 bits per heavy atom. The number of benzene rings is 1. The average Bonchev–Trinajstić information content (AvgIpc) is 2.59. The minimum atomic E-state index is -0.115. The quantitative estimate of drug-likeness (QED) is 0.877. The maximum atomic E-state index is 12.4. The molecule has 3 rings (SSSR count). The van der Waals surface area contributed by atoms with Gasteiger partial charge in [-0.1, -0.05) is 0 Å². The Hall–Kier alpha value is -1.46. The van der Waals surface area contributed by atoms with E-state index in [9.17, 15) is 4.79 Å². The molecular weight excluding hydrogens is 316 g/mol. The third kappa shape index (κ3) is 4.52. The van der Waals surface area contributed by atoms with E-state index in [4.69, 9.17) is 9.47 Å². The zero-order valence-corrected chi connectivity index (χ0v) is 14.3. The number of ether oxygens (including phenoxy) is 2. The van der Waals surface area contributed by atoms with Crippen LogP contribution in [0.1, 0.15) is 18.4 Å². The van der Waals surface area contributed by atoms with Gasteiger partial charge in [0.05, 0.1) is 13.0 Å². The second-order valence-electron chi connectivity index (χ2n) is 6.14. The van der Waals surface area contributed by atoms with Crippen molar-refractivity contribution in [2.24, 2.45) is 11.8 Å². The number of halogens is 1. The van der Waals surface area contributed by atoms with Gasteiger partial charge in [0.1, 0.15) is 18.1 Å². The van der Waals surface area contributed by atoms with E-state index in [-0.39, 0.29) is 24.2 Å². The summed E-state index contributed by atoms with van der Waals surface area (Å²) in [5.41, 5.74) is 1.05. The molecule has 0 saturated carbocycles. The van der Waals surface area contributed by atoms with Crippen LogP contribution in [0.5, 0.6) is 11.5 Å². The second-order valence-corrected chi connectivity index (χ2v) is 6.14. The Labute approximate surface area is 143 Å². The van der Waals surface area contributed by atoms with Gasteiger partial charge in [0.25, 0.3) is 0 Å². The summed E-state index contributed by atoms with van der Waals surface area (Å²) >= 11 is 0. The number of nitrogens with one attached hydrogen (secondary N) is 2. The molecule has 5 nitrogen and oxygen atoms in total. The summed E-state index contributed by atoms with van der Waals surface area (Å²) in [4.78, 5) is 12.4. The van der Waals surface area contributed by atoms with Crippen molar-refractivity contribution in [3.8, 4) is 11.5 Å². The largest absolute Gasteiger partial charge is 0.497 e. The number of carbonyl (C=O) groups is 1. The summed E-state index contributed by atoms with van der Waals surface area (Å²) in [6, 6.07) is 5.76. The van der Waals surface area contributed by atoms with Crippen molar-refractivity contribution in [3.63, 3.8) is 0 Å². The molecule has 1 aromatic rings. The number of fused-ring (bicyclic) bond motifs is 1. The smallest absolute Gasteiger partial charge is 0.226 e. The van der Waals surface area contributed by atoms with Gasteiger partial charge in [-0.25, -0.2) is 0 Å². The first kappa shape index (κ1) is 17.9. The summed E-state index contributed by atoms with van der Waals surface area (Å²) in [6.07, 6.45) is 3.09. The Morgan fingerprint density at radius 1 is 1.48 bits per heavy atom. The molecule has 0 radical (unpaired) electrons. The fourth-order valence-electron chi connectivity index (χ4n) is 3.15. The minimum absolute atomic E-state index is 0. The van der Waals surface area contributed by atoms with Crippen LogP contribution in [0.25, 0.3) is 0 Å². The van der Waals surface area contributed by atoms with Crippen molar-refractivity contribution in [1.29, 1.82) is 0 Å². The number of rotatable bonds is 4. The predicted octanol–water partition coefficient (Wildman–Crippen LogP) is 1.78. The highest BCUT2D eigenvalue weighted by atomic mass is 35.5. The second kappa shape index (κ2) is 8.41. The molecule has 2 heterocycles.